The van der Waals surface area contributed by atoms with Crippen molar-refractivity contribution in [2.24, 2.45) is 5.41 Å². The quantitative estimate of drug-likeness (QED) is 0.798. The van der Waals surface area contributed by atoms with Gasteiger partial charge in [-0.05, 0) is 24.7 Å². The first kappa shape index (κ1) is 14.6. The van der Waals surface area contributed by atoms with Crippen LogP contribution in [0.1, 0.15) is 72.7 Å². The summed E-state index contributed by atoms with van der Waals surface area (Å²) in [5, 5.41) is 1.98. The average Bonchev–Trinajstić information content (AvgIpc) is 2.79. The van der Waals surface area contributed by atoms with Gasteiger partial charge in [0, 0.05) is 17.4 Å². The van der Waals surface area contributed by atoms with Gasteiger partial charge in [-0.2, -0.15) is 11.8 Å². The minimum absolute atomic E-state index is 0.0892. The highest BCUT2D eigenvalue weighted by atomic mass is 32.2. The summed E-state index contributed by atoms with van der Waals surface area (Å²) in [6.07, 6.45) is 8.54. The number of nitrogens with zero attached hydrogens (tertiary/aromatic N) is 1. The van der Waals surface area contributed by atoms with Crippen LogP contribution >= 0.6 is 23.1 Å². The maximum atomic E-state index is 12.2. The van der Waals surface area contributed by atoms with E-state index in [-0.39, 0.29) is 5.41 Å². The van der Waals surface area contributed by atoms with Crippen molar-refractivity contribution in [2.75, 3.05) is 0 Å². The van der Waals surface area contributed by atoms with Crippen molar-refractivity contribution in [3.63, 3.8) is 0 Å². The molecule has 0 atom stereocenters. The molecule has 0 saturated heterocycles. The van der Waals surface area contributed by atoms with E-state index in [2.05, 4.69) is 25.6 Å². The largest absolute Gasteiger partial charge is 0.293 e. The molecule has 0 bridgehead atoms. The smallest absolute Gasteiger partial charge is 0.175 e. The van der Waals surface area contributed by atoms with Gasteiger partial charge in [-0.15, -0.1) is 11.3 Å². The number of fused-ring (bicyclic) bond motifs is 1. The average molecular weight is 310 g/mol. The van der Waals surface area contributed by atoms with Gasteiger partial charge in [-0.1, -0.05) is 33.1 Å². The number of rotatable bonds is 3. The predicted molar refractivity (Wildman–Crippen MR) is 86.7 cm³/mol. The van der Waals surface area contributed by atoms with Crippen molar-refractivity contribution in [3.8, 4) is 0 Å². The van der Waals surface area contributed by atoms with Gasteiger partial charge in [-0.25, -0.2) is 4.98 Å². The van der Waals surface area contributed by atoms with Crippen molar-refractivity contribution in [3.05, 3.63) is 15.6 Å². The second-order valence-corrected chi connectivity index (χ2v) is 9.27. The Morgan fingerprint density at radius 3 is 2.75 bits per heavy atom. The lowest BCUT2D eigenvalue weighted by Gasteiger charge is -2.26. The number of carbonyl (C=O) groups is 1. The highest BCUT2D eigenvalue weighted by Gasteiger charge is 2.33. The molecule has 0 N–H and O–H groups in total. The predicted octanol–water partition coefficient (Wildman–Crippen LogP) is 4.86. The molecule has 3 rings (SSSR count). The van der Waals surface area contributed by atoms with Crippen molar-refractivity contribution in [2.45, 2.75) is 69.8 Å². The zero-order chi connectivity index (χ0) is 14.2. The van der Waals surface area contributed by atoms with E-state index in [4.69, 9.17) is 4.98 Å². The summed E-state index contributed by atoms with van der Waals surface area (Å²) in [5.74, 6) is 1.30. The Morgan fingerprint density at radius 2 is 2.00 bits per heavy atom. The standard InChI is InChI=1S/C16H23NOS2/c1-16(2)8-12-15(13(18)9-16)20-14(17-12)10-19-11-6-4-3-5-7-11/h11H,3-10H2,1-2H3. The summed E-state index contributed by atoms with van der Waals surface area (Å²) in [7, 11) is 0. The maximum Gasteiger partial charge on any atom is 0.175 e. The fraction of sp³-hybridized carbons (Fsp3) is 0.750. The number of thioether (sulfide) groups is 1. The Morgan fingerprint density at radius 1 is 1.25 bits per heavy atom. The van der Waals surface area contributed by atoms with E-state index in [1.165, 1.54) is 32.1 Å². The van der Waals surface area contributed by atoms with E-state index >= 15 is 0 Å². The third-order valence-electron chi connectivity index (χ3n) is 4.27. The first-order valence-electron chi connectivity index (χ1n) is 7.67. The monoisotopic (exact) mass is 309 g/mol. The third-order valence-corrected chi connectivity index (χ3v) is 6.98. The molecule has 0 aromatic carbocycles. The van der Waals surface area contributed by atoms with Gasteiger partial charge in [0.05, 0.1) is 10.6 Å². The number of hydrogen-bond acceptors (Lipinski definition) is 4. The van der Waals surface area contributed by atoms with Crippen LogP contribution in [0.25, 0.3) is 0 Å². The summed E-state index contributed by atoms with van der Waals surface area (Å²) >= 11 is 3.70. The third kappa shape index (κ3) is 3.28. The SMILES string of the molecule is CC1(C)CC(=O)c2sc(CSC3CCCCC3)nc2C1. The summed E-state index contributed by atoms with van der Waals surface area (Å²) in [6.45, 7) is 4.34. The lowest BCUT2D eigenvalue weighted by atomic mass is 9.78. The first-order valence-corrected chi connectivity index (χ1v) is 9.53. The summed E-state index contributed by atoms with van der Waals surface area (Å²) in [6, 6.07) is 0. The molecule has 2 aliphatic carbocycles. The van der Waals surface area contributed by atoms with Crippen molar-refractivity contribution in [1.29, 1.82) is 0 Å². The van der Waals surface area contributed by atoms with Gasteiger partial charge < -0.3 is 0 Å². The molecule has 0 spiro atoms. The number of Topliss-reactive ketones (excluding diaryl/α,β-unsaturated/α-hetero) is 1. The van der Waals surface area contributed by atoms with Crippen LogP contribution in [0, 0.1) is 5.41 Å². The fourth-order valence-electron chi connectivity index (χ4n) is 3.25. The van der Waals surface area contributed by atoms with Gasteiger partial charge in [-0.3, -0.25) is 4.79 Å². The Balaban J connectivity index is 1.65. The normalized spacial score (nSPS) is 22.8. The molecule has 0 aliphatic heterocycles. The van der Waals surface area contributed by atoms with Crippen LogP contribution in [0.15, 0.2) is 0 Å². The molecule has 1 aromatic heterocycles. The zero-order valence-electron chi connectivity index (χ0n) is 12.4. The molecular weight excluding hydrogens is 286 g/mol. The molecule has 4 heteroatoms. The molecular formula is C16H23NOS2. The van der Waals surface area contributed by atoms with E-state index in [0.717, 1.165) is 33.0 Å². The fourth-order valence-corrected chi connectivity index (χ4v) is 5.61. The summed E-state index contributed by atoms with van der Waals surface area (Å²) in [4.78, 5) is 17.9. The van der Waals surface area contributed by atoms with Crippen LogP contribution in [0.4, 0.5) is 0 Å². The molecule has 2 aliphatic rings. The number of aromatic nitrogens is 1. The molecule has 1 heterocycles. The van der Waals surface area contributed by atoms with E-state index in [1.54, 1.807) is 11.3 Å². The van der Waals surface area contributed by atoms with Gasteiger partial charge in [0.25, 0.3) is 0 Å². The van der Waals surface area contributed by atoms with Crippen LogP contribution in [-0.4, -0.2) is 16.0 Å². The van der Waals surface area contributed by atoms with Crippen molar-refractivity contribution < 1.29 is 4.79 Å². The first-order chi connectivity index (χ1) is 9.53. The molecule has 1 aromatic rings. The topological polar surface area (TPSA) is 30.0 Å². The van der Waals surface area contributed by atoms with Crippen molar-refractivity contribution in [1.82, 2.24) is 4.98 Å². The summed E-state index contributed by atoms with van der Waals surface area (Å²) < 4.78 is 0. The molecule has 1 fully saturated rings. The molecule has 0 unspecified atom stereocenters. The maximum absolute atomic E-state index is 12.2. The van der Waals surface area contributed by atoms with E-state index in [1.807, 2.05) is 0 Å². The van der Waals surface area contributed by atoms with Gasteiger partial charge >= 0.3 is 0 Å². The van der Waals surface area contributed by atoms with Gasteiger partial charge in [0.2, 0.25) is 0 Å². The Kier molecular flexibility index (Phi) is 4.23. The second-order valence-electron chi connectivity index (χ2n) is 6.90. The van der Waals surface area contributed by atoms with Gasteiger partial charge in [0.1, 0.15) is 5.01 Å². The minimum Gasteiger partial charge on any atom is -0.293 e. The van der Waals surface area contributed by atoms with Crippen LogP contribution in [0.3, 0.4) is 0 Å². The number of ketones is 1. The molecule has 0 radical (unpaired) electrons. The minimum atomic E-state index is 0.0892. The number of hydrogen-bond donors (Lipinski definition) is 0. The van der Waals surface area contributed by atoms with Crippen LogP contribution < -0.4 is 0 Å². The van der Waals surface area contributed by atoms with E-state index < -0.39 is 0 Å². The molecule has 110 valence electrons. The Labute approximate surface area is 129 Å². The summed E-state index contributed by atoms with van der Waals surface area (Å²) in [5.41, 5.74) is 1.15. The Hall–Kier alpha value is -0.350. The lowest BCUT2D eigenvalue weighted by Crippen LogP contribution is -2.25. The molecule has 0 amide bonds. The highest BCUT2D eigenvalue weighted by Crippen LogP contribution is 2.38. The van der Waals surface area contributed by atoms with Crippen LogP contribution in [0.2, 0.25) is 0 Å². The number of carbonyl (C=O) groups excluding carboxylic acids is 1. The molecule has 20 heavy (non-hydrogen) atoms. The Bertz CT molecular complexity index is 501. The van der Waals surface area contributed by atoms with Gasteiger partial charge in [0.15, 0.2) is 5.78 Å². The van der Waals surface area contributed by atoms with E-state index in [0.29, 0.717) is 12.2 Å². The van der Waals surface area contributed by atoms with E-state index in [9.17, 15) is 4.79 Å². The molecule has 2 nitrogen and oxygen atoms in total. The second kappa shape index (κ2) is 5.80. The highest BCUT2D eigenvalue weighted by molar-refractivity contribution is 7.99. The zero-order valence-corrected chi connectivity index (χ0v) is 14.0. The molecule has 1 saturated carbocycles. The lowest BCUT2D eigenvalue weighted by molar-refractivity contribution is 0.0916. The van der Waals surface area contributed by atoms with Crippen LogP contribution in [-0.2, 0) is 12.2 Å². The van der Waals surface area contributed by atoms with Crippen LogP contribution in [0.5, 0.6) is 0 Å². The number of thiazole rings is 1. The van der Waals surface area contributed by atoms with Crippen molar-refractivity contribution >= 4 is 28.9 Å².